The summed E-state index contributed by atoms with van der Waals surface area (Å²) >= 11 is 0. The SMILES string of the molecule is CCC1CCC(C2CCCCC2)(C2CCCCC2)CC1. The Hall–Kier alpha value is 0. The minimum Gasteiger partial charge on any atom is -0.0651 e. The van der Waals surface area contributed by atoms with E-state index < -0.39 is 0 Å². The molecule has 0 unspecified atom stereocenters. The summed E-state index contributed by atoms with van der Waals surface area (Å²) in [5.41, 5.74) is 0.798. The molecule has 0 atom stereocenters. The van der Waals surface area contributed by atoms with Gasteiger partial charge in [0.15, 0.2) is 0 Å². The van der Waals surface area contributed by atoms with Crippen LogP contribution in [0.3, 0.4) is 0 Å². The highest BCUT2D eigenvalue weighted by Gasteiger charge is 2.46. The number of hydrogen-bond acceptors (Lipinski definition) is 0. The Bertz CT molecular complexity index is 252. The molecule has 0 aromatic rings. The minimum absolute atomic E-state index is 0.798. The highest BCUT2D eigenvalue weighted by molar-refractivity contribution is 4.97. The fraction of sp³-hybridized carbons (Fsp3) is 1.00. The van der Waals surface area contributed by atoms with Crippen LogP contribution in [0.25, 0.3) is 0 Å². The first-order valence-electron chi connectivity index (χ1n) is 9.85. The lowest BCUT2D eigenvalue weighted by atomic mass is 9.52. The van der Waals surface area contributed by atoms with Gasteiger partial charge in [0.1, 0.15) is 0 Å². The van der Waals surface area contributed by atoms with Crippen molar-refractivity contribution in [3.63, 3.8) is 0 Å². The van der Waals surface area contributed by atoms with E-state index in [9.17, 15) is 0 Å². The first-order valence-corrected chi connectivity index (χ1v) is 9.85. The first kappa shape index (κ1) is 14.9. The van der Waals surface area contributed by atoms with Gasteiger partial charge in [0, 0.05) is 0 Å². The molecule has 0 amide bonds. The zero-order chi connectivity index (χ0) is 13.8. The van der Waals surface area contributed by atoms with E-state index in [0.29, 0.717) is 0 Å². The normalized spacial score (nSPS) is 30.4. The summed E-state index contributed by atoms with van der Waals surface area (Å²) in [7, 11) is 0. The second-order valence-corrected chi connectivity index (χ2v) is 8.25. The van der Waals surface area contributed by atoms with Crippen LogP contribution >= 0.6 is 0 Å². The third kappa shape index (κ3) is 2.95. The van der Waals surface area contributed by atoms with Crippen molar-refractivity contribution in [1.82, 2.24) is 0 Å². The average Bonchev–Trinajstić information content (AvgIpc) is 2.56. The Balaban J connectivity index is 1.75. The molecule has 116 valence electrons. The minimum atomic E-state index is 0.798. The second kappa shape index (κ2) is 6.84. The molecule has 3 aliphatic rings. The highest BCUT2D eigenvalue weighted by atomic mass is 14.5. The Kier molecular flexibility index (Phi) is 5.10. The lowest BCUT2D eigenvalue weighted by Crippen LogP contribution is -2.43. The van der Waals surface area contributed by atoms with Crippen molar-refractivity contribution in [2.45, 2.75) is 103 Å². The van der Waals surface area contributed by atoms with Crippen LogP contribution in [-0.4, -0.2) is 0 Å². The predicted molar refractivity (Wildman–Crippen MR) is 87.8 cm³/mol. The zero-order valence-corrected chi connectivity index (χ0v) is 13.8. The van der Waals surface area contributed by atoms with Crippen LogP contribution in [0.5, 0.6) is 0 Å². The Morgan fingerprint density at radius 1 is 0.650 bits per heavy atom. The predicted octanol–water partition coefficient (Wildman–Crippen LogP) is 6.73. The van der Waals surface area contributed by atoms with Gasteiger partial charge in [0.05, 0.1) is 0 Å². The summed E-state index contributed by atoms with van der Waals surface area (Å²) in [5.74, 6) is 3.28. The van der Waals surface area contributed by atoms with E-state index in [-0.39, 0.29) is 0 Å². The second-order valence-electron chi connectivity index (χ2n) is 8.25. The molecule has 3 fully saturated rings. The van der Waals surface area contributed by atoms with Crippen LogP contribution in [0.15, 0.2) is 0 Å². The monoisotopic (exact) mass is 276 g/mol. The van der Waals surface area contributed by atoms with Gasteiger partial charge in [-0.15, -0.1) is 0 Å². The van der Waals surface area contributed by atoms with Crippen LogP contribution in [0, 0.1) is 23.2 Å². The lowest BCUT2D eigenvalue weighted by molar-refractivity contribution is -0.0251. The van der Waals surface area contributed by atoms with Crippen molar-refractivity contribution in [1.29, 1.82) is 0 Å². The van der Waals surface area contributed by atoms with Crippen molar-refractivity contribution in [2.75, 3.05) is 0 Å². The molecule has 20 heavy (non-hydrogen) atoms. The van der Waals surface area contributed by atoms with Gasteiger partial charge in [-0.25, -0.2) is 0 Å². The van der Waals surface area contributed by atoms with Gasteiger partial charge in [-0.05, 0) is 74.5 Å². The van der Waals surface area contributed by atoms with E-state index in [0.717, 1.165) is 23.2 Å². The molecule has 0 nitrogen and oxygen atoms in total. The maximum absolute atomic E-state index is 2.42. The summed E-state index contributed by atoms with van der Waals surface area (Å²) in [6, 6.07) is 0. The van der Waals surface area contributed by atoms with Gasteiger partial charge in [0.2, 0.25) is 0 Å². The molecular formula is C20H36. The summed E-state index contributed by atoms with van der Waals surface area (Å²) in [6.07, 6.45) is 23.3. The van der Waals surface area contributed by atoms with Gasteiger partial charge < -0.3 is 0 Å². The quantitative estimate of drug-likeness (QED) is 0.536. The molecule has 0 aromatic heterocycles. The molecule has 0 heterocycles. The van der Waals surface area contributed by atoms with E-state index >= 15 is 0 Å². The van der Waals surface area contributed by atoms with Crippen LogP contribution in [0.4, 0.5) is 0 Å². The van der Waals surface area contributed by atoms with Crippen molar-refractivity contribution in [2.24, 2.45) is 23.2 Å². The van der Waals surface area contributed by atoms with Gasteiger partial charge >= 0.3 is 0 Å². The smallest absolute Gasteiger partial charge is 0.0241 e. The van der Waals surface area contributed by atoms with Crippen LogP contribution in [0.1, 0.15) is 103 Å². The standard InChI is InChI=1S/C20H36/c1-2-17-13-15-20(16-14-17,18-9-5-3-6-10-18)19-11-7-4-8-12-19/h17-19H,2-16H2,1H3. The molecule has 0 aromatic carbocycles. The lowest BCUT2D eigenvalue weighted by Gasteiger charge is -2.53. The molecule has 0 heteroatoms. The van der Waals surface area contributed by atoms with Gasteiger partial charge in [-0.1, -0.05) is 51.9 Å². The molecule has 3 saturated carbocycles. The molecular weight excluding hydrogens is 240 g/mol. The Morgan fingerprint density at radius 3 is 1.50 bits per heavy atom. The fourth-order valence-electron chi connectivity index (χ4n) is 6.13. The van der Waals surface area contributed by atoms with Gasteiger partial charge in [-0.3, -0.25) is 0 Å². The van der Waals surface area contributed by atoms with Gasteiger partial charge in [0.25, 0.3) is 0 Å². The van der Waals surface area contributed by atoms with Crippen LogP contribution in [0.2, 0.25) is 0 Å². The molecule has 3 aliphatic carbocycles. The van der Waals surface area contributed by atoms with Crippen LogP contribution < -0.4 is 0 Å². The summed E-state index contributed by atoms with van der Waals surface area (Å²) in [4.78, 5) is 0. The van der Waals surface area contributed by atoms with Crippen molar-refractivity contribution in [3.05, 3.63) is 0 Å². The molecule has 3 rings (SSSR count). The van der Waals surface area contributed by atoms with Crippen molar-refractivity contribution in [3.8, 4) is 0 Å². The summed E-state index contributed by atoms with van der Waals surface area (Å²) < 4.78 is 0. The molecule has 0 saturated heterocycles. The van der Waals surface area contributed by atoms with Crippen LogP contribution in [-0.2, 0) is 0 Å². The largest absolute Gasteiger partial charge is 0.0651 e. The fourth-order valence-corrected chi connectivity index (χ4v) is 6.13. The summed E-state index contributed by atoms with van der Waals surface area (Å²) in [5, 5.41) is 0. The third-order valence-electron chi connectivity index (χ3n) is 7.45. The van der Waals surface area contributed by atoms with Gasteiger partial charge in [-0.2, -0.15) is 0 Å². The maximum Gasteiger partial charge on any atom is -0.0241 e. The average molecular weight is 277 g/mol. The Morgan fingerprint density at radius 2 is 1.10 bits per heavy atom. The topological polar surface area (TPSA) is 0 Å². The molecule has 0 bridgehead atoms. The van der Waals surface area contributed by atoms with E-state index in [1.165, 1.54) is 44.9 Å². The molecule has 0 N–H and O–H groups in total. The van der Waals surface area contributed by atoms with Crippen molar-refractivity contribution >= 4 is 0 Å². The van der Waals surface area contributed by atoms with E-state index in [1.54, 1.807) is 51.4 Å². The number of rotatable bonds is 3. The summed E-state index contributed by atoms with van der Waals surface area (Å²) in [6.45, 7) is 2.42. The molecule has 0 spiro atoms. The van der Waals surface area contributed by atoms with E-state index in [2.05, 4.69) is 6.92 Å². The third-order valence-corrected chi connectivity index (χ3v) is 7.45. The highest BCUT2D eigenvalue weighted by Crippen LogP contribution is 2.57. The zero-order valence-electron chi connectivity index (χ0n) is 13.8. The molecule has 0 radical (unpaired) electrons. The molecule has 0 aliphatic heterocycles. The van der Waals surface area contributed by atoms with E-state index in [4.69, 9.17) is 0 Å². The number of hydrogen-bond donors (Lipinski definition) is 0. The van der Waals surface area contributed by atoms with Crippen molar-refractivity contribution < 1.29 is 0 Å². The Labute approximate surface area is 127 Å². The first-order chi connectivity index (χ1) is 9.85. The van der Waals surface area contributed by atoms with E-state index in [1.807, 2.05) is 0 Å². The maximum atomic E-state index is 2.42.